The number of halogens is 4. The minimum absolute atomic E-state index is 0.0880. The van der Waals surface area contributed by atoms with Crippen LogP contribution in [-0.4, -0.2) is 40.4 Å². The predicted molar refractivity (Wildman–Crippen MR) is 116 cm³/mol. The third-order valence-corrected chi connectivity index (χ3v) is 5.72. The van der Waals surface area contributed by atoms with E-state index in [0.29, 0.717) is 36.7 Å². The summed E-state index contributed by atoms with van der Waals surface area (Å²) in [5.41, 5.74) is -0.476. The van der Waals surface area contributed by atoms with Crippen LogP contribution in [0.15, 0.2) is 47.3 Å². The van der Waals surface area contributed by atoms with Crippen LogP contribution in [0.3, 0.4) is 0 Å². The number of hydrogen-bond acceptors (Lipinski definition) is 5. The number of hydrogen-bond donors (Lipinski definition) is 2. The van der Waals surface area contributed by atoms with Gasteiger partial charge in [-0.15, -0.1) is 0 Å². The van der Waals surface area contributed by atoms with Crippen molar-refractivity contribution in [1.82, 2.24) is 20.1 Å². The van der Waals surface area contributed by atoms with Gasteiger partial charge in [-0.3, -0.25) is 4.79 Å². The van der Waals surface area contributed by atoms with E-state index in [1.807, 2.05) is 0 Å². The lowest BCUT2D eigenvalue weighted by molar-refractivity contribution is -0.271. The van der Waals surface area contributed by atoms with Gasteiger partial charge in [0.25, 0.3) is 5.91 Å². The van der Waals surface area contributed by atoms with Gasteiger partial charge in [0.15, 0.2) is 0 Å². The minimum Gasteiger partial charge on any atom is -0.346 e. The fourth-order valence-corrected chi connectivity index (χ4v) is 3.86. The van der Waals surface area contributed by atoms with Gasteiger partial charge in [0.05, 0.1) is 41.6 Å². The van der Waals surface area contributed by atoms with Crippen LogP contribution in [0.1, 0.15) is 33.7 Å². The highest BCUT2D eigenvalue weighted by atomic mass is 35.5. The summed E-state index contributed by atoms with van der Waals surface area (Å²) in [6.07, 6.45) is -3.88. The summed E-state index contributed by atoms with van der Waals surface area (Å²) in [6, 6.07) is 8.89. The molecule has 0 spiro atoms. The number of rotatable bonds is 5. The van der Waals surface area contributed by atoms with E-state index in [0.717, 1.165) is 12.1 Å². The molecule has 0 aliphatic carbocycles. The molecule has 1 aromatic heterocycles. The zero-order valence-electron chi connectivity index (χ0n) is 17.9. The second-order valence-corrected chi connectivity index (χ2v) is 8.04. The smallest absolute Gasteiger partial charge is 0.346 e. The van der Waals surface area contributed by atoms with Crippen LogP contribution in [0.25, 0.3) is 5.69 Å². The van der Waals surface area contributed by atoms with Gasteiger partial charge < -0.3 is 14.8 Å². The topological polar surface area (TPSA) is 98.2 Å². The molecule has 4 rings (SSSR count). The van der Waals surface area contributed by atoms with Gasteiger partial charge in [0.1, 0.15) is 5.82 Å². The lowest BCUT2D eigenvalue weighted by Gasteiger charge is -2.37. The van der Waals surface area contributed by atoms with Crippen LogP contribution in [0.5, 0.6) is 0 Å². The molecule has 1 saturated heterocycles. The first-order chi connectivity index (χ1) is 16.1. The Morgan fingerprint density at radius 2 is 1.88 bits per heavy atom. The molecule has 1 aliphatic heterocycles. The van der Waals surface area contributed by atoms with Crippen molar-refractivity contribution in [2.24, 2.45) is 0 Å². The van der Waals surface area contributed by atoms with Crippen molar-refractivity contribution in [3.05, 3.63) is 80.5 Å². The zero-order valence-corrected chi connectivity index (χ0v) is 18.7. The van der Waals surface area contributed by atoms with Crippen molar-refractivity contribution in [2.45, 2.75) is 25.3 Å². The molecule has 0 atom stereocenters. The molecule has 180 valence electrons. The van der Waals surface area contributed by atoms with Gasteiger partial charge in [-0.25, -0.2) is 14.5 Å². The summed E-state index contributed by atoms with van der Waals surface area (Å²) < 4.78 is 51.8. The average molecular weight is 497 g/mol. The van der Waals surface area contributed by atoms with Crippen LogP contribution in [0, 0.1) is 6.92 Å². The van der Waals surface area contributed by atoms with E-state index in [-0.39, 0.29) is 17.1 Å². The van der Waals surface area contributed by atoms with Crippen molar-refractivity contribution in [3.8, 4) is 5.69 Å². The number of amides is 1. The van der Waals surface area contributed by atoms with Crippen molar-refractivity contribution in [1.29, 1.82) is 0 Å². The van der Waals surface area contributed by atoms with Crippen molar-refractivity contribution < 1.29 is 27.4 Å². The van der Waals surface area contributed by atoms with E-state index in [2.05, 4.69) is 15.5 Å². The SMILES string of the molecule is Cc1n[nH]c(=O)n1-c1ccc(Cl)c(C(=O)NCC2(c3ccc(C(F)(F)F)cc3)OCCCO2)c1. The van der Waals surface area contributed by atoms with Crippen LogP contribution in [-0.2, 0) is 21.4 Å². The first-order valence-electron chi connectivity index (χ1n) is 10.3. The first kappa shape index (κ1) is 24.0. The highest BCUT2D eigenvalue weighted by Crippen LogP contribution is 2.34. The molecular formula is C22H20ClF3N4O4. The molecule has 8 nitrogen and oxygen atoms in total. The maximum atomic E-state index is 13.0. The standard InChI is InChI=1S/C22H20ClF3N4O4/c1-13-28-29-20(32)30(13)16-7-8-18(23)17(11-16)19(31)27-12-21(33-9-2-10-34-21)14-3-5-15(6-4-14)22(24,25)26/h3-8,11H,2,9-10,12H2,1H3,(H,27,31)(H,29,32). The second-order valence-electron chi connectivity index (χ2n) is 7.64. The maximum Gasteiger partial charge on any atom is 0.416 e. The summed E-state index contributed by atoms with van der Waals surface area (Å²) in [5, 5.41) is 9.00. The molecule has 1 aliphatic rings. The molecule has 0 radical (unpaired) electrons. The van der Waals surface area contributed by atoms with E-state index in [1.165, 1.54) is 28.8 Å². The molecule has 2 N–H and O–H groups in total. The van der Waals surface area contributed by atoms with E-state index in [1.54, 1.807) is 13.0 Å². The Labute approximate surface area is 196 Å². The molecular weight excluding hydrogens is 477 g/mol. The molecule has 1 amide bonds. The molecule has 0 bridgehead atoms. The third kappa shape index (κ3) is 4.72. The van der Waals surface area contributed by atoms with Gasteiger partial charge in [-0.2, -0.15) is 18.3 Å². The van der Waals surface area contributed by atoms with Crippen molar-refractivity contribution >= 4 is 17.5 Å². The van der Waals surface area contributed by atoms with Gasteiger partial charge in [-0.1, -0.05) is 23.7 Å². The van der Waals surface area contributed by atoms with Crippen LogP contribution in [0.2, 0.25) is 5.02 Å². The van der Waals surface area contributed by atoms with Gasteiger partial charge in [-0.05, 0) is 43.7 Å². The first-order valence-corrected chi connectivity index (χ1v) is 10.7. The van der Waals surface area contributed by atoms with Gasteiger partial charge in [0, 0.05) is 5.56 Å². The number of aromatic nitrogens is 3. The zero-order chi connectivity index (χ0) is 24.5. The number of carbonyl (C=O) groups excluding carboxylic acids is 1. The Morgan fingerprint density at radius 1 is 1.21 bits per heavy atom. The third-order valence-electron chi connectivity index (χ3n) is 5.39. The van der Waals surface area contributed by atoms with E-state index in [4.69, 9.17) is 21.1 Å². The Hall–Kier alpha value is -3.15. The van der Waals surface area contributed by atoms with Crippen LogP contribution in [0.4, 0.5) is 13.2 Å². The van der Waals surface area contributed by atoms with Crippen LogP contribution >= 0.6 is 11.6 Å². The van der Waals surface area contributed by atoms with Gasteiger partial charge in [0.2, 0.25) is 5.79 Å². The number of aryl methyl sites for hydroxylation is 1. The number of ether oxygens (including phenoxy) is 2. The molecule has 34 heavy (non-hydrogen) atoms. The molecule has 2 heterocycles. The molecule has 0 saturated carbocycles. The predicted octanol–water partition coefficient (Wildman–Crippen LogP) is 3.56. The van der Waals surface area contributed by atoms with Crippen molar-refractivity contribution in [2.75, 3.05) is 19.8 Å². The Bertz CT molecular complexity index is 1250. The highest BCUT2D eigenvalue weighted by Gasteiger charge is 2.39. The summed E-state index contributed by atoms with van der Waals surface area (Å²) in [4.78, 5) is 25.0. The Balaban J connectivity index is 1.59. The number of alkyl halides is 3. The fourth-order valence-electron chi connectivity index (χ4n) is 3.66. The monoisotopic (exact) mass is 496 g/mol. The van der Waals surface area contributed by atoms with E-state index in [9.17, 15) is 22.8 Å². The number of nitrogens with zero attached hydrogens (tertiary/aromatic N) is 2. The normalized spacial score (nSPS) is 15.8. The summed E-state index contributed by atoms with van der Waals surface area (Å²) in [7, 11) is 0. The molecule has 0 unspecified atom stereocenters. The summed E-state index contributed by atoms with van der Waals surface area (Å²) in [6.45, 7) is 2.05. The second kappa shape index (κ2) is 9.24. The molecule has 3 aromatic rings. The van der Waals surface area contributed by atoms with Crippen molar-refractivity contribution in [3.63, 3.8) is 0 Å². The minimum atomic E-state index is -4.48. The summed E-state index contributed by atoms with van der Waals surface area (Å²) >= 11 is 6.22. The maximum absolute atomic E-state index is 13.0. The Morgan fingerprint density at radius 3 is 2.47 bits per heavy atom. The summed E-state index contributed by atoms with van der Waals surface area (Å²) in [5.74, 6) is -1.64. The number of H-pyrrole nitrogens is 1. The number of carbonyl (C=O) groups is 1. The van der Waals surface area contributed by atoms with Gasteiger partial charge >= 0.3 is 11.9 Å². The van der Waals surface area contributed by atoms with Crippen LogP contribution < -0.4 is 11.0 Å². The number of aromatic amines is 1. The Kier molecular flexibility index (Phi) is 6.52. The fraction of sp³-hybridized carbons (Fsp3) is 0.318. The lowest BCUT2D eigenvalue weighted by Crippen LogP contribution is -2.47. The number of benzene rings is 2. The average Bonchev–Trinajstić information content (AvgIpc) is 3.16. The van der Waals surface area contributed by atoms with E-state index >= 15 is 0 Å². The molecule has 2 aromatic carbocycles. The van der Waals surface area contributed by atoms with E-state index < -0.39 is 29.1 Å². The largest absolute Gasteiger partial charge is 0.416 e. The molecule has 1 fully saturated rings. The highest BCUT2D eigenvalue weighted by molar-refractivity contribution is 6.33. The lowest BCUT2D eigenvalue weighted by atomic mass is 10.0. The molecule has 12 heteroatoms. The number of nitrogens with one attached hydrogen (secondary N) is 2. The quantitative estimate of drug-likeness (QED) is 0.563.